The summed E-state index contributed by atoms with van der Waals surface area (Å²) in [6.07, 6.45) is -1.48. The summed E-state index contributed by atoms with van der Waals surface area (Å²) in [5.41, 5.74) is 3.21. The van der Waals surface area contributed by atoms with Gasteiger partial charge in [-0.25, -0.2) is 0 Å². The Hall–Kier alpha value is -2.37. The maximum absolute atomic E-state index is 11.2. The molecule has 0 aliphatic carbocycles. The number of rotatable bonds is 11. The van der Waals surface area contributed by atoms with Gasteiger partial charge in [-0.2, -0.15) is 0 Å². The first kappa shape index (κ1) is 33.1. The number of halogens is 1. The molecule has 1 N–H and O–H groups in total. The minimum Gasteiger partial charge on any atom is -0.390 e. The highest BCUT2D eigenvalue weighted by molar-refractivity contribution is 6.21. The van der Waals surface area contributed by atoms with Crippen molar-refractivity contribution in [1.82, 2.24) is 0 Å². The number of alkyl halides is 1. The van der Waals surface area contributed by atoms with Gasteiger partial charge in [0, 0.05) is 13.0 Å². The predicted octanol–water partition coefficient (Wildman–Crippen LogP) is 5.60. The van der Waals surface area contributed by atoms with Crippen LogP contribution >= 0.6 is 11.6 Å². The summed E-state index contributed by atoms with van der Waals surface area (Å²) in [6.45, 7) is 2.18. The van der Waals surface area contributed by atoms with Gasteiger partial charge in [0.1, 0.15) is 36.6 Å². The minimum absolute atomic E-state index is 0.160. The fourth-order valence-electron chi connectivity index (χ4n) is 7.33. The SMILES string of the molecule is O[C@@H]1C[C@H]2OCC[C@H](Cl)[C@@H]2O[C@@H]1[C@H]1CC[C@@H]2O[C@H](COCc3ccccc3)[C@H](OCc3ccccc3)[C@H](OCc3ccccc3)[C@H]2O1. The number of hydrogen-bond donors (Lipinski definition) is 1. The predicted molar refractivity (Wildman–Crippen MR) is 176 cm³/mol. The van der Waals surface area contributed by atoms with Crippen LogP contribution in [0.5, 0.6) is 0 Å². The molecule has 252 valence electrons. The van der Waals surface area contributed by atoms with E-state index in [2.05, 4.69) is 36.4 Å². The van der Waals surface area contributed by atoms with Crippen molar-refractivity contribution in [3.63, 3.8) is 0 Å². The van der Waals surface area contributed by atoms with Gasteiger partial charge >= 0.3 is 0 Å². The van der Waals surface area contributed by atoms with Crippen molar-refractivity contribution in [2.24, 2.45) is 0 Å². The van der Waals surface area contributed by atoms with Crippen molar-refractivity contribution in [2.75, 3.05) is 13.2 Å². The van der Waals surface area contributed by atoms with Crippen LogP contribution in [0.2, 0.25) is 0 Å². The van der Waals surface area contributed by atoms with Gasteiger partial charge in [0.2, 0.25) is 0 Å². The second-order valence-electron chi connectivity index (χ2n) is 13.0. The number of benzene rings is 3. The number of fused-ring (bicyclic) bond motifs is 2. The summed E-state index contributed by atoms with van der Waals surface area (Å²) >= 11 is 6.68. The molecule has 4 heterocycles. The molecule has 3 aromatic carbocycles. The summed E-state index contributed by atoms with van der Waals surface area (Å²) in [7, 11) is 0. The van der Waals surface area contributed by atoms with E-state index in [1.807, 2.05) is 54.6 Å². The molecule has 11 atom stereocenters. The van der Waals surface area contributed by atoms with Crippen LogP contribution in [-0.4, -0.2) is 84.7 Å². The zero-order valence-electron chi connectivity index (χ0n) is 26.6. The van der Waals surface area contributed by atoms with E-state index in [-0.39, 0.29) is 35.9 Å². The first-order valence-corrected chi connectivity index (χ1v) is 17.4. The molecule has 4 aliphatic heterocycles. The molecule has 0 bridgehead atoms. The fraction of sp³-hybridized carbons (Fsp3) is 0.526. The quantitative estimate of drug-likeness (QED) is 0.265. The van der Waals surface area contributed by atoms with Gasteiger partial charge in [-0.1, -0.05) is 91.0 Å². The molecule has 9 heteroatoms. The van der Waals surface area contributed by atoms with Crippen molar-refractivity contribution in [3.05, 3.63) is 108 Å². The molecule has 0 spiro atoms. The van der Waals surface area contributed by atoms with Crippen LogP contribution in [0.3, 0.4) is 0 Å². The number of aliphatic hydroxyl groups is 1. The van der Waals surface area contributed by atoms with Crippen LogP contribution < -0.4 is 0 Å². The Morgan fingerprint density at radius 3 is 1.83 bits per heavy atom. The molecule has 0 saturated carbocycles. The van der Waals surface area contributed by atoms with Crippen molar-refractivity contribution in [1.29, 1.82) is 0 Å². The molecule has 0 unspecified atom stereocenters. The second-order valence-corrected chi connectivity index (χ2v) is 13.6. The molecular formula is C38H45ClO8. The zero-order valence-corrected chi connectivity index (χ0v) is 27.3. The molecule has 8 nitrogen and oxygen atoms in total. The van der Waals surface area contributed by atoms with Gasteiger partial charge < -0.3 is 38.3 Å². The van der Waals surface area contributed by atoms with Crippen LogP contribution in [0, 0.1) is 0 Å². The molecule has 7 rings (SSSR count). The first-order chi connectivity index (χ1) is 23.1. The molecule has 4 aliphatic rings. The number of ether oxygens (including phenoxy) is 7. The largest absolute Gasteiger partial charge is 0.390 e. The van der Waals surface area contributed by atoms with Gasteiger partial charge in [-0.05, 0) is 36.0 Å². The van der Waals surface area contributed by atoms with E-state index in [0.29, 0.717) is 45.9 Å². The lowest BCUT2D eigenvalue weighted by Gasteiger charge is -2.52. The van der Waals surface area contributed by atoms with Crippen molar-refractivity contribution in [2.45, 2.75) is 112 Å². The Bertz CT molecular complexity index is 1370. The topological polar surface area (TPSA) is 84.8 Å². The average molecular weight is 665 g/mol. The summed E-state index contributed by atoms with van der Waals surface area (Å²) in [6, 6.07) is 30.4. The van der Waals surface area contributed by atoms with E-state index in [1.54, 1.807) is 0 Å². The Kier molecular flexibility index (Phi) is 11.2. The Morgan fingerprint density at radius 1 is 0.617 bits per heavy atom. The summed E-state index contributed by atoms with van der Waals surface area (Å²) in [5.74, 6) is 0. The third kappa shape index (κ3) is 8.10. The standard InChI is InChI=1S/C38H45ClO8/c39-28-18-19-42-32-20-29(40)35(47-34(28)32)30-16-17-31-37(46-30)38(44-23-27-14-8-3-9-15-27)36(43-22-26-12-6-2-7-13-26)33(45-31)24-41-21-25-10-4-1-5-11-25/h1-15,28-38,40H,16-24H2/t28-,29+,30+,31-,32+,33+,34-,35-,36-,37-,38-/m0/s1. The zero-order chi connectivity index (χ0) is 32.0. The molecule has 4 saturated heterocycles. The van der Waals surface area contributed by atoms with E-state index in [1.165, 1.54) is 0 Å². The van der Waals surface area contributed by atoms with E-state index in [9.17, 15) is 5.11 Å². The smallest absolute Gasteiger partial charge is 0.115 e. The van der Waals surface area contributed by atoms with Crippen molar-refractivity contribution < 1.29 is 38.3 Å². The average Bonchev–Trinajstić information content (AvgIpc) is 3.11. The normalized spacial score (nSPS) is 35.5. The van der Waals surface area contributed by atoms with Crippen molar-refractivity contribution >= 4 is 11.6 Å². The third-order valence-electron chi connectivity index (χ3n) is 9.74. The highest BCUT2D eigenvalue weighted by atomic mass is 35.5. The second kappa shape index (κ2) is 15.9. The molecule has 0 aromatic heterocycles. The van der Waals surface area contributed by atoms with Gasteiger partial charge in [0.25, 0.3) is 0 Å². The molecule has 4 fully saturated rings. The van der Waals surface area contributed by atoms with Gasteiger partial charge in [-0.15, -0.1) is 11.6 Å². The van der Waals surface area contributed by atoms with Crippen LogP contribution in [0.1, 0.15) is 42.4 Å². The lowest BCUT2D eigenvalue weighted by molar-refractivity contribution is -0.311. The number of hydrogen-bond acceptors (Lipinski definition) is 8. The molecule has 0 radical (unpaired) electrons. The Labute approximate surface area is 282 Å². The van der Waals surface area contributed by atoms with Gasteiger partial charge in [-0.3, -0.25) is 0 Å². The van der Waals surface area contributed by atoms with Crippen LogP contribution in [0.25, 0.3) is 0 Å². The van der Waals surface area contributed by atoms with Crippen LogP contribution in [-0.2, 0) is 53.0 Å². The molecule has 3 aromatic rings. The van der Waals surface area contributed by atoms with Crippen molar-refractivity contribution in [3.8, 4) is 0 Å². The van der Waals surface area contributed by atoms with Gasteiger partial charge in [0.15, 0.2) is 0 Å². The highest BCUT2D eigenvalue weighted by Crippen LogP contribution is 2.40. The number of aliphatic hydroxyl groups excluding tert-OH is 1. The maximum atomic E-state index is 11.2. The molecule has 0 amide bonds. The lowest BCUT2D eigenvalue weighted by atomic mass is 9.85. The summed E-state index contributed by atoms with van der Waals surface area (Å²) < 4.78 is 45.8. The van der Waals surface area contributed by atoms with Gasteiger partial charge in [0.05, 0.1) is 56.2 Å². The Balaban J connectivity index is 1.12. The first-order valence-electron chi connectivity index (χ1n) is 16.9. The van der Waals surface area contributed by atoms with Crippen LogP contribution in [0.15, 0.2) is 91.0 Å². The van der Waals surface area contributed by atoms with Crippen LogP contribution in [0.4, 0.5) is 0 Å². The minimum atomic E-state index is -0.725. The summed E-state index contributed by atoms with van der Waals surface area (Å²) in [5, 5.41) is 11.1. The highest BCUT2D eigenvalue weighted by Gasteiger charge is 2.54. The lowest BCUT2D eigenvalue weighted by Crippen LogP contribution is -2.65. The Morgan fingerprint density at radius 2 is 1.19 bits per heavy atom. The third-order valence-corrected chi connectivity index (χ3v) is 10.2. The molecular weight excluding hydrogens is 620 g/mol. The molecule has 47 heavy (non-hydrogen) atoms. The van der Waals surface area contributed by atoms with E-state index in [0.717, 1.165) is 29.5 Å². The monoisotopic (exact) mass is 664 g/mol. The fourth-order valence-corrected chi connectivity index (χ4v) is 7.64. The van der Waals surface area contributed by atoms with E-state index >= 15 is 0 Å². The van der Waals surface area contributed by atoms with E-state index < -0.39 is 30.5 Å². The van der Waals surface area contributed by atoms with E-state index in [4.69, 9.17) is 44.8 Å². The maximum Gasteiger partial charge on any atom is 0.115 e. The summed E-state index contributed by atoms with van der Waals surface area (Å²) in [4.78, 5) is 0.